The Kier molecular flexibility index (Phi) is 2.90. The van der Waals surface area contributed by atoms with Crippen molar-refractivity contribution >= 4 is 12.0 Å². The molecule has 0 bridgehead atoms. The molecule has 1 aromatic rings. The molecule has 0 N–H and O–H groups in total. The number of esters is 1. The average Bonchev–Trinajstić information content (AvgIpc) is 2.37. The molecule has 1 aliphatic heterocycles. The van der Waals surface area contributed by atoms with E-state index in [1.807, 2.05) is 24.3 Å². The molecule has 1 heterocycles. The molecule has 0 saturated heterocycles. The van der Waals surface area contributed by atoms with Crippen LogP contribution in [0.2, 0.25) is 0 Å². The van der Waals surface area contributed by atoms with Crippen LogP contribution in [0.1, 0.15) is 12.5 Å². The van der Waals surface area contributed by atoms with E-state index in [4.69, 9.17) is 14.2 Å². The summed E-state index contributed by atoms with van der Waals surface area (Å²) in [6, 6.07) is 7.44. The summed E-state index contributed by atoms with van der Waals surface area (Å²) in [6.45, 7) is 1.69. The van der Waals surface area contributed by atoms with Crippen molar-refractivity contribution in [1.82, 2.24) is 0 Å². The lowest BCUT2D eigenvalue weighted by Crippen LogP contribution is -2.42. The highest BCUT2D eigenvalue weighted by Gasteiger charge is 2.39. The molecule has 1 unspecified atom stereocenters. The summed E-state index contributed by atoms with van der Waals surface area (Å²) >= 11 is 0. The highest BCUT2D eigenvalue weighted by Crippen LogP contribution is 2.36. The molecular weight excluding hydrogens is 220 g/mol. The number of carbonyl (C=O) groups is 1. The zero-order valence-electron chi connectivity index (χ0n) is 10.0. The van der Waals surface area contributed by atoms with Gasteiger partial charge in [0.1, 0.15) is 11.3 Å². The lowest BCUT2D eigenvalue weighted by atomic mass is 10.00. The van der Waals surface area contributed by atoms with E-state index >= 15 is 0 Å². The van der Waals surface area contributed by atoms with Gasteiger partial charge in [-0.2, -0.15) is 0 Å². The van der Waals surface area contributed by atoms with Crippen molar-refractivity contribution in [3.8, 4) is 5.75 Å². The summed E-state index contributed by atoms with van der Waals surface area (Å²) in [7, 11) is 2.82. The maximum atomic E-state index is 11.7. The Hall–Kier alpha value is -1.81. The van der Waals surface area contributed by atoms with Crippen molar-refractivity contribution in [3.05, 3.63) is 35.4 Å². The van der Waals surface area contributed by atoms with Crippen LogP contribution in [-0.4, -0.2) is 26.0 Å². The number of hydrogen-bond donors (Lipinski definition) is 0. The minimum absolute atomic E-state index is 0.348. The Labute approximate surface area is 99.8 Å². The first-order valence-electron chi connectivity index (χ1n) is 5.24. The predicted molar refractivity (Wildman–Crippen MR) is 62.5 cm³/mol. The molecule has 2 rings (SSSR count). The fraction of sp³-hybridized carbons (Fsp3) is 0.308. The molecule has 90 valence electrons. The van der Waals surface area contributed by atoms with Crippen LogP contribution < -0.4 is 4.74 Å². The van der Waals surface area contributed by atoms with Crippen molar-refractivity contribution in [2.75, 3.05) is 14.2 Å². The Morgan fingerprint density at radius 1 is 1.29 bits per heavy atom. The molecule has 0 fully saturated rings. The standard InChI is InChI=1S/C13H14O4/c1-13(16-3)10(12(14)15-2)8-9-6-4-5-7-11(9)17-13/h4-8H,1-3H3. The molecule has 4 heteroatoms. The van der Waals surface area contributed by atoms with E-state index in [-0.39, 0.29) is 0 Å². The third-order valence-electron chi connectivity index (χ3n) is 2.81. The monoisotopic (exact) mass is 234 g/mol. The van der Waals surface area contributed by atoms with Gasteiger partial charge in [0.15, 0.2) is 0 Å². The van der Waals surface area contributed by atoms with Gasteiger partial charge in [0.2, 0.25) is 5.79 Å². The van der Waals surface area contributed by atoms with Crippen LogP contribution in [0, 0.1) is 0 Å². The van der Waals surface area contributed by atoms with E-state index in [9.17, 15) is 4.79 Å². The molecule has 1 aromatic carbocycles. The predicted octanol–water partition coefficient (Wildman–Crippen LogP) is 2.00. The fourth-order valence-corrected chi connectivity index (χ4v) is 1.75. The van der Waals surface area contributed by atoms with Gasteiger partial charge in [0.25, 0.3) is 0 Å². The largest absolute Gasteiger partial charge is 0.465 e. The molecule has 17 heavy (non-hydrogen) atoms. The Bertz CT molecular complexity index is 478. The van der Waals surface area contributed by atoms with E-state index in [0.29, 0.717) is 11.3 Å². The van der Waals surface area contributed by atoms with Gasteiger partial charge in [-0.15, -0.1) is 0 Å². The minimum atomic E-state index is -1.11. The number of hydrogen-bond acceptors (Lipinski definition) is 4. The van der Waals surface area contributed by atoms with Gasteiger partial charge in [-0.1, -0.05) is 18.2 Å². The van der Waals surface area contributed by atoms with Crippen molar-refractivity contribution in [3.63, 3.8) is 0 Å². The molecule has 0 saturated carbocycles. The van der Waals surface area contributed by atoms with Gasteiger partial charge in [-0.05, 0) is 12.1 Å². The molecule has 0 aromatic heterocycles. The van der Waals surface area contributed by atoms with Crippen LogP contribution in [0.3, 0.4) is 0 Å². The van der Waals surface area contributed by atoms with Crippen LogP contribution >= 0.6 is 0 Å². The third-order valence-corrected chi connectivity index (χ3v) is 2.81. The van der Waals surface area contributed by atoms with Gasteiger partial charge < -0.3 is 14.2 Å². The summed E-state index contributed by atoms with van der Waals surface area (Å²) in [6.07, 6.45) is 1.73. The van der Waals surface area contributed by atoms with Crippen LogP contribution in [-0.2, 0) is 14.3 Å². The van der Waals surface area contributed by atoms with Crippen molar-refractivity contribution in [2.45, 2.75) is 12.7 Å². The van der Waals surface area contributed by atoms with Gasteiger partial charge in [-0.3, -0.25) is 0 Å². The van der Waals surface area contributed by atoms with Gasteiger partial charge in [-0.25, -0.2) is 4.79 Å². The molecule has 1 atom stereocenters. The first kappa shape index (κ1) is 11.7. The second kappa shape index (κ2) is 4.22. The summed E-state index contributed by atoms with van der Waals surface area (Å²) in [5.74, 6) is -0.880. The number of carbonyl (C=O) groups excluding carboxylic acids is 1. The summed E-state index contributed by atoms with van der Waals surface area (Å²) < 4.78 is 15.7. The van der Waals surface area contributed by atoms with Gasteiger partial charge in [0.05, 0.1) is 7.11 Å². The second-order valence-electron chi connectivity index (χ2n) is 3.84. The van der Waals surface area contributed by atoms with Crippen molar-refractivity contribution in [1.29, 1.82) is 0 Å². The number of para-hydroxylation sites is 1. The fourth-order valence-electron chi connectivity index (χ4n) is 1.75. The quantitative estimate of drug-likeness (QED) is 0.734. The first-order chi connectivity index (χ1) is 8.10. The summed E-state index contributed by atoms with van der Waals surface area (Å²) in [4.78, 5) is 11.7. The SMILES string of the molecule is COC(=O)C1=Cc2ccccc2OC1(C)OC. The van der Waals surface area contributed by atoms with Crippen molar-refractivity contribution < 1.29 is 19.0 Å². The van der Waals surface area contributed by atoms with Gasteiger partial charge >= 0.3 is 5.97 Å². The number of methoxy groups -OCH3 is 2. The van der Waals surface area contributed by atoms with E-state index in [1.54, 1.807) is 13.0 Å². The van der Waals surface area contributed by atoms with Crippen molar-refractivity contribution in [2.24, 2.45) is 0 Å². The Balaban J connectivity index is 2.53. The summed E-state index contributed by atoms with van der Waals surface area (Å²) in [5.41, 5.74) is 1.18. The third kappa shape index (κ3) is 1.91. The molecule has 0 spiro atoms. The molecular formula is C13H14O4. The molecule has 4 nitrogen and oxygen atoms in total. The van der Waals surface area contributed by atoms with Gasteiger partial charge in [0, 0.05) is 19.6 Å². The number of rotatable bonds is 2. The van der Waals surface area contributed by atoms with E-state index in [1.165, 1.54) is 14.2 Å². The van der Waals surface area contributed by atoms with E-state index < -0.39 is 11.8 Å². The van der Waals surface area contributed by atoms with E-state index in [2.05, 4.69) is 0 Å². The maximum absolute atomic E-state index is 11.7. The lowest BCUT2D eigenvalue weighted by Gasteiger charge is -2.33. The number of benzene rings is 1. The molecule has 0 radical (unpaired) electrons. The Morgan fingerprint density at radius 2 is 2.00 bits per heavy atom. The van der Waals surface area contributed by atoms with Crippen LogP contribution in [0.4, 0.5) is 0 Å². The summed E-state index contributed by atoms with van der Waals surface area (Å²) in [5, 5.41) is 0. The van der Waals surface area contributed by atoms with E-state index in [0.717, 1.165) is 5.56 Å². The second-order valence-corrected chi connectivity index (χ2v) is 3.84. The maximum Gasteiger partial charge on any atom is 0.340 e. The first-order valence-corrected chi connectivity index (χ1v) is 5.24. The average molecular weight is 234 g/mol. The number of ether oxygens (including phenoxy) is 3. The Morgan fingerprint density at radius 3 is 2.65 bits per heavy atom. The molecule has 0 aliphatic carbocycles. The highest BCUT2D eigenvalue weighted by atomic mass is 16.7. The van der Waals surface area contributed by atoms with Crippen LogP contribution in [0.25, 0.3) is 6.08 Å². The van der Waals surface area contributed by atoms with Crippen LogP contribution in [0.5, 0.6) is 5.75 Å². The zero-order valence-corrected chi connectivity index (χ0v) is 10.0. The topological polar surface area (TPSA) is 44.8 Å². The normalized spacial score (nSPS) is 22.2. The molecule has 0 amide bonds. The minimum Gasteiger partial charge on any atom is -0.465 e. The highest BCUT2D eigenvalue weighted by molar-refractivity contribution is 5.96. The lowest BCUT2D eigenvalue weighted by molar-refractivity contribution is -0.153. The smallest absolute Gasteiger partial charge is 0.340 e. The molecule has 1 aliphatic rings. The number of fused-ring (bicyclic) bond motifs is 1. The van der Waals surface area contributed by atoms with Crippen LogP contribution in [0.15, 0.2) is 29.8 Å². The zero-order chi connectivity index (χ0) is 12.5.